The summed E-state index contributed by atoms with van der Waals surface area (Å²) in [4.78, 5) is 0. The number of nitrogens with zero attached hydrogens (tertiary/aromatic N) is 2. The van der Waals surface area contributed by atoms with Crippen LogP contribution in [0.15, 0.2) is 170 Å². The maximum atomic E-state index is 2.53. The zero-order valence-corrected chi connectivity index (χ0v) is 32.2. The smallest absolute Gasteiger partial charge is 0.0547 e. The molecule has 0 aliphatic heterocycles. The molecule has 0 bridgehead atoms. The van der Waals surface area contributed by atoms with E-state index in [2.05, 4.69) is 207 Å². The summed E-state index contributed by atoms with van der Waals surface area (Å²) in [6, 6.07) is 63.6. The fraction of sp³-hybridized carbons (Fsp3) is 0.111. The monoisotopic (exact) mass is 718 g/mol. The maximum absolute atomic E-state index is 2.53. The lowest BCUT2D eigenvalue weighted by atomic mass is 9.72. The molecule has 2 atom stereocenters. The van der Waals surface area contributed by atoms with Crippen LogP contribution >= 0.6 is 0 Å². The number of para-hydroxylation sites is 2. The van der Waals surface area contributed by atoms with E-state index in [1.165, 1.54) is 111 Å². The Balaban J connectivity index is 1.20. The van der Waals surface area contributed by atoms with Gasteiger partial charge in [-0.15, -0.1) is 0 Å². The fourth-order valence-corrected chi connectivity index (χ4v) is 9.64. The molecule has 0 N–H and O–H groups in total. The van der Waals surface area contributed by atoms with E-state index < -0.39 is 0 Å². The van der Waals surface area contributed by atoms with Crippen molar-refractivity contribution in [2.75, 3.05) is 0 Å². The largest absolute Gasteiger partial charge is 0.309 e. The van der Waals surface area contributed by atoms with Gasteiger partial charge < -0.3 is 9.13 Å². The summed E-state index contributed by atoms with van der Waals surface area (Å²) in [5, 5.41) is 5.20. The highest BCUT2D eigenvalue weighted by atomic mass is 15.0. The number of aryl methyl sites for hydroxylation is 2. The molecule has 0 saturated carbocycles. The summed E-state index contributed by atoms with van der Waals surface area (Å²) in [5.74, 6) is 0.694. The molecule has 2 nitrogen and oxygen atoms in total. The predicted octanol–water partition coefficient (Wildman–Crippen LogP) is 14.7. The van der Waals surface area contributed by atoms with Crippen LogP contribution in [0.4, 0.5) is 0 Å². The first-order chi connectivity index (χ1) is 27.4. The molecule has 0 spiro atoms. The van der Waals surface area contributed by atoms with E-state index in [0.29, 0.717) is 11.8 Å². The number of rotatable bonds is 4. The summed E-state index contributed by atoms with van der Waals surface area (Å²) in [6.07, 6.45) is 0. The topological polar surface area (TPSA) is 9.86 Å². The second kappa shape index (κ2) is 12.4. The van der Waals surface area contributed by atoms with E-state index in [4.69, 9.17) is 0 Å². The van der Waals surface area contributed by atoms with Crippen LogP contribution in [0.2, 0.25) is 0 Å². The Morgan fingerprint density at radius 1 is 0.339 bits per heavy atom. The predicted molar refractivity (Wildman–Crippen MR) is 238 cm³/mol. The molecule has 8 aromatic carbocycles. The van der Waals surface area contributed by atoms with Crippen LogP contribution in [-0.2, 0) is 0 Å². The minimum absolute atomic E-state index is 0.347. The lowest BCUT2D eigenvalue weighted by Gasteiger charge is -2.32. The van der Waals surface area contributed by atoms with Crippen LogP contribution < -0.4 is 0 Å². The molecule has 0 amide bonds. The molecule has 2 unspecified atom stereocenters. The molecule has 268 valence electrons. The standard InChI is InChI=1S/C54H42N2/c1-33-13-11-15-37(25-33)39-21-23-51-47(27-39)49-29-43-35(3)36(4)44-30-50-48-28-40(38-16-12-14-34(2)26-38)22-24-52(48)56(42-19-9-6-10-20-42)54(50)32-46(44)45(43)31-53(49)55(51)41-17-7-5-8-18-41/h5-32,35-36H,1-4H3. The summed E-state index contributed by atoms with van der Waals surface area (Å²) < 4.78 is 4.94. The van der Waals surface area contributed by atoms with Crippen LogP contribution in [-0.4, -0.2) is 9.13 Å². The molecule has 2 heteroatoms. The van der Waals surface area contributed by atoms with Crippen LogP contribution in [0.3, 0.4) is 0 Å². The Hall–Kier alpha value is -6.64. The third kappa shape index (κ3) is 4.95. The van der Waals surface area contributed by atoms with Crippen molar-refractivity contribution in [2.45, 2.75) is 39.5 Å². The second-order valence-electron chi connectivity index (χ2n) is 16.0. The first kappa shape index (κ1) is 32.8. The van der Waals surface area contributed by atoms with Gasteiger partial charge in [-0.1, -0.05) is 122 Å². The number of hydrogen-bond acceptors (Lipinski definition) is 0. The van der Waals surface area contributed by atoms with Crippen LogP contribution in [0, 0.1) is 13.8 Å². The van der Waals surface area contributed by atoms with Gasteiger partial charge >= 0.3 is 0 Å². The van der Waals surface area contributed by atoms with Crippen molar-refractivity contribution in [1.29, 1.82) is 0 Å². The molecular weight excluding hydrogens is 677 g/mol. The molecule has 10 aromatic rings. The Bertz CT molecular complexity index is 2960. The summed E-state index contributed by atoms with van der Waals surface area (Å²) in [5.41, 5.74) is 20.4. The highest BCUT2D eigenvalue weighted by Gasteiger charge is 2.31. The van der Waals surface area contributed by atoms with E-state index in [1.54, 1.807) is 0 Å². The number of aromatic nitrogens is 2. The number of hydrogen-bond donors (Lipinski definition) is 0. The van der Waals surface area contributed by atoms with Gasteiger partial charge in [-0.2, -0.15) is 0 Å². The van der Waals surface area contributed by atoms with Gasteiger partial charge in [0.1, 0.15) is 0 Å². The average Bonchev–Trinajstić information content (AvgIpc) is 3.73. The van der Waals surface area contributed by atoms with Gasteiger partial charge in [0.2, 0.25) is 0 Å². The Labute approximate surface area is 327 Å². The molecule has 0 saturated heterocycles. The van der Waals surface area contributed by atoms with Crippen LogP contribution in [0.1, 0.15) is 47.9 Å². The van der Waals surface area contributed by atoms with Crippen molar-refractivity contribution in [3.8, 4) is 44.8 Å². The summed E-state index contributed by atoms with van der Waals surface area (Å²) in [7, 11) is 0. The van der Waals surface area contributed by atoms with Crippen molar-refractivity contribution in [2.24, 2.45) is 0 Å². The van der Waals surface area contributed by atoms with Crippen molar-refractivity contribution in [1.82, 2.24) is 9.13 Å². The number of benzene rings is 8. The van der Waals surface area contributed by atoms with Crippen molar-refractivity contribution < 1.29 is 0 Å². The third-order valence-corrected chi connectivity index (χ3v) is 12.6. The van der Waals surface area contributed by atoms with E-state index in [-0.39, 0.29) is 0 Å². The van der Waals surface area contributed by atoms with Gasteiger partial charge in [0.15, 0.2) is 0 Å². The zero-order chi connectivity index (χ0) is 37.7. The summed E-state index contributed by atoms with van der Waals surface area (Å²) >= 11 is 0. The van der Waals surface area contributed by atoms with Gasteiger partial charge in [-0.3, -0.25) is 0 Å². The minimum Gasteiger partial charge on any atom is -0.309 e. The van der Waals surface area contributed by atoms with Gasteiger partial charge in [0.05, 0.1) is 22.1 Å². The summed E-state index contributed by atoms with van der Waals surface area (Å²) in [6.45, 7) is 9.21. The van der Waals surface area contributed by atoms with Crippen molar-refractivity contribution in [3.63, 3.8) is 0 Å². The number of fused-ring (bicyclic) bond motifs is 9. The quantitative estimate of drug-likeness (QED) is 0.171. The average molecular weight is 719 g/mol. The lowest BCUT2D eigenvalue weighted by Crippen LogP contribution is -2.13. The maximum Gasteiger partial charge on any atom is 0.0547 e. The normalized spacial score (nSPS) is 15.1. The highest BCUT2D eigenvalue weighted by Crippen LogP contribution is 2.51. The van der Waals surface area contributed by atoms with Gasteiger partial charge in [-0.25, -0.2) is 0 Å². The Morgan fingerprint density at radius 3 is 1.14 bits per heavy atom. The van der Waals surface area contributed by atoms with Gasteiger partial charge in [0.25, 0.3) is 0 Å². The van der Waals surface area contributed by atoms with E-state index in [0.717, 1.165) is 0 Å². The molecule has 1 aliphatic carbocycles. The van der Waals surface area contributed by atoms with Crippen molar-refractivity contribution in [3.05, 3.63) is 192 Å². The molecule has 2 aromatic heterocycles. The minimum atomic E-state index is 0.347. The van der Waals surface area contributed by atoms with Crippen LogP contribution in [0.25, 0.3) is 88.4 Å². The molecule has 11 rings (SSSR count). The van der Waals surface area contributed by atoms with Crippen LogP contribution in [0.5, 0.6) is 0 Å². The molecule has 2 heterocycles. The fourth-order valence-electron chi connectivity index (χ4n) is 9.64. The Morgan fingerprint density at radius 2 is 0.732 bits per heavy atom. The molecular formula is C54H42N2. The second-order valence-corrected chi connectivity index (χ2v) is 16.0. The van der Waals surface area contributed by atoms with E-state index in [9.17, 15) is 0 Å². The van der Waals surface area contributed by atoms with Gasteiger partial charge in [-0.05, 0) is 143 Å². The molecule has 56 heavy (non-hydrogen) atoms. The van der Waals surface area contributed by atoms with E-state index in [1.807, 2.05) is 0 Å². The zero-order valence-electron chi connectivity index (χ0n) is 32.2. The first-order valence-corrected chi connectivity index (χ1v) is 19.9. The molecule has 0 radical (unpaired) electrons. The molecule has 0 fully saturated rings. The van der Waals surface area contributed by atoms with Crippen molar-refractivity contribution >= 4 is 43.6 Å². The third-order valence-electron chi connectivity index (χ3n) is 12.6. The molecule has 1 aliphatic rings. The Kier molecular flexibility index (Phi) is 7.28. The SMILES string of the molecule is Cc1cccc(-c2ccc3c(c2)c2cc4c(cc2n3-c2ccccc2)-c2cc3c(cc2C(C)C4C)c2cc(-c4cccc(C)c4)ccc2n3-c2ccccc2)c1. The lowest BCUT2D eigenvalue weighted by molar-refractivity contribution is 0.617. The first-order valence-electron chi connectivity index (χ1n) is 19.9. The van der Waals surface area contributed by atoms with E-state index >= 15 is 0 Å². The van der Waals surface area contributed by atoms with Gasteiger partial charge in [0, 0.05) is 32.9 Å². The highest BCUT2D eigenvalue weighted by molar-refractivity contribution is 6.14.